The van der Waals surface area contributed by atoms with Gasteiger partial charge in [0, 0.05) is 18.2 Å². The first-order valence-corrected chi connectivity index (χ1v) is 5.74. The molecule has 0 aliphatic rings. The lowest BCUT2D eigenvalue weighted by Gasteiger charge is -2.06. The second-order valence-corrected chi connectivity index (χ2v) is 4.05. The molecular formula is C14H13N3O2. The number of nitrogens with zero attached hydrogens (tertiary/aromatic N) is 3. The van der Waals surface area contributed by atoms with E-state index in [0.29, 0.717) is 11.3 Å². The molecular weight excluding hydrogens is 242 g/mol. The summed E-state index contributed by atoms with van der Waals surface area (Å²) >= 11 is 0. The fourth-order valence-electron chi connectivity index (χ4n) is 1.79. The van der Waals surface area contributed by atoms with E-state index in [-0.39, 0.29) is 12.0 Å². The van der Waals surface area contributed by atoms with Gasteiger partial charge in [-0.15, -0.1) is 0 Å². The zero-order chi connectivity index (χ0) is 13.8. The van der Waals surface area contributed by atoms with E-state index >= 15 is 0 Å². The van der Waals surface area contributed by atoms with E-state index in [9.17, 15) is 4.79 Å². The van der Waals surface area contributed by atoms with E-state index < -0.39 is 0 Å². The van der Waals surface area contributed by atoms with Crippen molar-refractivity contribution in [2.45, 2.75) is 6.42 Å². The summed E-state index contributed by atoms with van der Waals surface area (Å²) in [5.41, 5.74) is 1.75. The van der Waals surface area contributed by atoms with Crippen molar-refractivity contribution in [1.29, 1.82) is 5.26 Å². The van der Waals surface area contributed by atoms with Gasteiger partial charge in [0.25, 0.3) is 5.56 Å². The Morgan fingerprint density at radius 1 is 1.37 bits per heavy atom. The largest absolute Gasteiger partial charge is 0.497 e. The summed E-state index contributed by atoms with van der Waals surface area (Å²) < 4.78 is 6.35. The maximum atomic E-state index is 11.8. The number of aromatic nitrogens is 2. The van der Waals surface area contributed by atoms with Gasteiger partial charge in [0.1, 0.15) is 5.75 Å². The molecule has 5 nitrogen and oxygen atoms in total. The van der Waals surface area contributed by atoms with Crippen LogP contribution in [0.2, 0.25) is 0 Å². The van der Waals surface area contributed by atoms with Crippen LogP contribution in [0.25, 0.3) is 11.3 Å². The number of aryl methyl sites for hydroxylation is 1. The van der Waals surface area contributed by atoms with Gasteiger partial charge in [-0.25, -0.2) is 4.68 Å². The van der Waals surface area contributed by atoms with Crippen molar-refractivity contribution in [3.8, 4) is 23.1 Å². The highest BCUT2D eigenvalue weighted by Crippen LogP contribution is 2.20. The third kappa shape index (κ3) is 2.63. The van der Waals surface area contributed by atoms with Crippen LogP contribution in [0.5, 0.6) is 5.75 Å². The molecule has 0 saturated carbocycles. The van der Waals surface area contributed by atoms with Crippen LogP contribution in [0.3, 0.4) is 0 Å². The van der Waals surface area contributed by atoms with Crippen molar-refractivity contribution < 1.29 is 4.74 Å². The van der Waals surface area contributed by atoms with Crippen LogP contribution in [0.15, 0.2) is 35.1 Å². The van der Waals surface area contributed by atoms with Crippen LogP contribution in [-0.2, 0) is 13.5 Å². The minimum absolute atomic E-state index is 0.0817. The average molecular weight is 255 g/mol. The third-order valence-electron chi connectivity index (χ3n) is 2.79. The molecule has 19 heavy (non-hydrogen) atoms. The maximum absolute atomic E-state index is 11.8. The number of hydrogen-bond donors (Lipinski definition) is 0. The fraction of sp³-hybridized carbons (Fsp3) is 0.214. The molecule has 0 N–H and O–H groups in total. The van der Waals surface area contributed by atoms with E-state index in [4.69, 9.17) is 10.00 Å². The van der Waals surface area contributed by atoms with Crippen LogP contribution in [0.4, 0.5) is 0 Å². The molecule has 96 valence electrons. The van der Waals surface area contributed by atoms with Gasteiger partial charge in [-0.05, 0) is 30.3 Å². The first-order valence-electron chi connectivity index (χ1n) is 5.74. The highest BCUT2D eigenvalue weighted by molar-refractivity contribution is 5.60. The molecule has 5 heteroatoms. The van der Waals surface area contributed by atoms with Gasteiger partial charge in [0.05, 0.1) is 25.3 Å². The summed E-state index contributed by atoms with van der Waals surface area (Å²) in [6.45, 7) is 0. The lowest BCUT2D eigenvalue weighted by atomic mass is 10.1. The van der Waals surface area contributed by atoms with Crippen LogP contribution in [0, 0.1) is 11.3 Å². The third-order valence-corrected chi connectivity index (χ3v) is 2.79. The number of hydrogen-bond acceptors (Lipinski definition) is 4. The van der Waals surface area contributed by atoms with Crippen molar-refractivity contribution in [3.05, 3.63) is 46.2 Å². The number of rotatable bonds is 3. The summed E-state index contributed by atoms with van der Waals surface area (Å²) in [5, 5.41) is 12.9. The first-order chi connectivity index (χ1) is 9.15. The Bertz CT molecular complexity index is 681. The Labute approximate surface area is 110 Å². The van der Waals surface area contributed by atoms with Gasteiger partial charge >= 0.3 is 0 Å². The van der Waals surface area contributed by atoms with E-state index in [2.05, 4.69) is 5.10 Å². The Balaban J connectivity index is 2.50. The van der Waals surface area contributed by atoms with Crippen LogP contribution >= 0.6 is 0 Å². The summed E-state index contributed by atoms with van der Waals surface area (Å²) in [5.74, 6) is 0.755. The Hall–Kier alpha value is -2.61. The van der Waals surface area contributed by atoms with Gasteiger partial charge in [0.2, 0.25) is 0 Å². The molecule has 0 aliphatic carbocycles. The molecule has 0 saturated heterocycles. The lowest BCUT2D eigenvalue weighted by molar-refractivity contribution is 0.415. The zero-order valence-electron chi connectivity index (χ0n) is 10.8. The fourth-order valence-corrected chi connectivity index (χ4v) is 1.79. The number of methoxy groups -OCH3 is 1. The molecule has 1 aromatic heterocycles. The van der Waals surface area contributed by atoms with Crippen LogP contribution in [0.1, 0.15) is 5.56 Å². The summed E-state index contributed by atoms with van der Waals surface area (Å²) in [7, 11) is 3.18. The monoisotopic (exact) mass is 255 g/mol. The standard InChI is InChI=1S/C14H13N3O2/c1-17-14(18)11(7-8-15)9-13(16-17)10-3-5-12(19-2)6-4-10/h3-6,9H,7H2,1-2H3. The molecule has 2 aromatic rings. The normalized spacial score (nSPS) is 9.95. The van der Waals surface area contributed by atoms with Gasteiger partial charge in [-0.1, -0.05) is 0 Å². The predicted molar refractivity (Wildman–Crippen MR) is 70.8 cm³/mol. The molecule has 0 bridgehead atoms. The molecule has 1 heterocycles. The first kappa shape index (κ1) is 12.8. The molecule has 0 spiro atoms. The van der Waals surface area contributed by atoms with E-state index in [1.54, 1.807) is 20.2 Å². The second kappa shape index (κ2) is 5.36. The average Bonchev–Trinajstić information content (AvgIpc) is 2.44. The highest BCUT2D eigenvalue weighted by atomic mass is 16.5. The molecule has 0 fully saturated rings. The maximum Gasteiger partial charge on any atom is 0.270 e. The van der Waals surface area contributed by atoms with Gasteiger partial charge in [0.15, 0.2) is 0 Å². The zero-order valence-corrected chi connectivity index (χ0v) is 10.8. The van der Waals surface area contributed by atoms with E-state index in [1.807, 2.05) is 30.3 Å². The van der Waals surface area contributed by atoms with Crippen molar-refractivity contribution in [1.82, 2.24) is 9.78 Å². The minimum atomic E-state index is -0.237. The molecule has 2 rings (SSSR count). The number of benzene rings is 1. The Morgan fingerprint density at radius 3 is 2.63 bits per heavy atom. The van der Waals surface area contributed by atoms with Gasteiger partial charge in [-0.3, -0.25) is 4.79 Å². The molecule has 0 atom stereocenters. The Kier molecular flexibility index (Phi) is 3.62. The van der Waals surface area contributed by atoms with Crippen LogP contribution in [-0.4, -0.2) is 16.9 Å². The van der Waals surface area contributed by atoms with Gasteiger partial charge < -0.3 is 4.74 Å². The molecule has 1 aromatic carbocycles. The second-order valence-electron chi connectivity index (χ2n) is 4.05. The quantitative estimate of drug-likeness (QED) is 0.834. The topological polar surface area (TPSA) is 67.9 Å². The Morgan fingerprint density at radius 2 is 2.05 bits per heavy atom. The van der Waals surface area contributed by atoms with Gasteiger partial charge in [-0.2, -0.15) is 10.4 Å². The SMILES string of the molecule is COc1ccc(-c2cc(CC#N)c(=O)n(C)n2)cc1. The highest BCUT2D eigenvalue weighted by Gasteiger charge is 2.07. The van der Waals surface area contributed by atoms with Crippen molar-refractivity contribution >= 4 is 0 Å². The minimum Gasteiger partial charge on any atom is -0.497 e. The van der Waals surface area contributed by atoms with Crippen LogP contribution < -0.4 is 10.3 Å². The van der Waals surface area contributed by atoms with Crippen molar-refractivity contribution in [3.63, 3.8) is 0 Å². The predicted octanol–water partition coefficient (Wildman–Crippen LogP) is 1.52. The molecule has 0 unspecified atom stereocenters. The molecule has 0 amide bonds. The summed E-state index contributed by atoms with van der Waals surface area (Å²) in [6.07, 6.45) is 0.0817. The molecule has 0 aliphatic heterocycles. The van der Waals surface area contributed by atoms with Crippen molar-refractivity contribution in [2.75, 3.05) is 7.11 Å². The smallest absolute Gasteiger partial charge is 0.270 e. The summed E-state index contributed by atoms with van der Waals surface area (Å²) in [6, 6.07) is 11.0. The van der Waals surface area contributed by atoms with E-state index in [1.165, 1.54) is 4.68 Å². The number of nitriles is 1. The van der Waals surface area contributed by atoms with E-state index in [0.717, 1.165) is 11.3 Å². The van der Waals surface area contributed by atoms with Crippen molar-refractivity contribution in [2.24, 2.45) is 7.05 Å². The molecule has 0 radical (unpaired) electrons. The summed E-state index contributed by atoms with van der Waals surface area (Å²) in [4.78, 5) is 11.8. The lowest BCUT2D eigenvalue weighted by Crippen LogP contribution is -2.23. The number of ether oxygens (including phenoxy) is 1.